The molecule has 2 amide bonds. The van der Waals surface area contributed by atoms with Crippen molar-refractivity contribution in [1.29, 1.82) is 0 Å². The third-order valence-corrected chi connectivity index (χ3v) is 3.99. The number of aliphatic hydroxyl groups excluding tert-OH is 1. The summed E-state index contributed by atoms with van der Waals surface area (Å²) in [5, 5.41) is 10.1. The molecular formula is C19H17NO6. The first-order chi connectivity index (χ1) is 12.5. The van der Waals surface area contributed by atoms with Crippen molar-refractivity contribution >= 4 is 17.8 Å². The lowest BCUT2D eigenvalue weighted by Crippen LogP contribution is -2.39. The first-order valence-corrected chi connectivity index (χ1v) is 7.95. The molecule has 7 heteroatoms. The Bertz CT molecular complexity index is 810. The third-order valence-electron chi connectivity index (χ3n) is 3.99. The van der Waals surface area contributed by atoms with Crippen molar-refractivity contribution in [2.24, 2.45) is 0 Å². The molecule has 0 bridgehead atoms. The Balaban J connectivity index is 1.57. The van der Waals surface area contributed by atoms with E-state index in [1.165, 1.54) is 19.2 Å². The SMILES string of the molecule is COC(=O)c1ccc(OC[C@@H](O)CN2C(=O)c3ccccc3C2=O)cc1. The Morgan fingerprint density at radius 2 is 1.62 bits per heavy atom. The van der Waals surface area contributed by atoms with Gasteiger partial charge >= 0.3 is 5.97 Å². The summed E-state index contributed by atoms with van der Waals surface area (Å²) in [4.78, 5) is 36.9. The van der Waals surface area contributed by atoms with E-state index in [1.807, 2.05) is 0 Å². The second-order valence-corrected chi connectivity index (χ2v) is 5.75. The number of rotatable bonds is 6. The fourth-order valence-corrected chi connectivity index (χ4v) is 2.67. The number of amides is 2. The van der Waals surface area contributed by atoms with Crippen LogP contribution in [0, 0.1) is 0 Å². The number of benzene rings is 2. The van der Waals surface area contributed by atoms with Crippen LogP contribution in [-0.4, -0.2) is 54.2 Å². The van der Waals surface area contributed by atoms with Crippen LogP contribution in [0.5, 0.6) is 5.75 Å². The second-order valence-electron chi connectivity index (χ2n) is 5.75. The average Bonchev–Trinajstić information content (AvgIpc) is 2.91. The molecule has 0 unspecified atom stereocenters. The van der Waals surface area contributed by atoms with Crippen molar-refractivity contribution in [3.05, 3.63) is 65.2 Å². The van der Waals surface area contributed by atoms with E-state index in [9.17, 15) is 19.5 Å². The van der Waals surface area contributed by atoms with Crippen LogP contribution < -0.4 is 4.74 Å². The molecule has 0 aromatic heterocycles. The van der Waals surface area contributed by atoms with Gasteiger partial charge in [-0.3, -0.25) is 14.5 Å². The Morgan fingerprint density at radius 3 is 2.15 bits per heavy atom. The topological polar surface area (TPSA) is 93.1 Å². The van der Waals surface area contributed by atoms with Crippen molar-refractivity contribution in [1.82, 2.24) is 4.90 Å². The van der Waals surface area contributed by atoms with Gasteiger partial charge in [0, 0.05) is 0 Å². The highest BCUT2D eigenvalue weighted by molar-refractivity contribution is 6.21. The zero-order chi connectivity index (χ0) is 18.7. The van der Waals surface area contributed by atoms with Crippen LogP contribution >= 0.6 is 0 Å². The highest BCUT2D eigenvalue weighted by Crippen LogP contribution is 2.22. The summed E-state index contributed by atoms with van der Waals surface area (Å²) < 4.78 is 10.0. The van der Waals surface area contributed by atoms with Crippen LogP contribution in [0.1, 0.15) is 31.1 Å². The summed E-state index contributed by atoms with van der Waals surface area (Å²) >= 11 is 0. The van der Waals surface area contributed by atoms with E-state index in [1.54, 1.807) is 36.4 Å². The molecule has 1 aliphatic heterocycles. The summed E-state index contributed by atoms with van der Waals surface area (Å²) in [7, 11) is 1.29. The van der Waals surface area contributed by atoms with E-state index < -0.39 is 23.9 Å². The second kappa shape index (κ2) is 7.37. The minimum Gasteiger partial charge on any atom is -0.491 e. The predicted octanol–water partition coefficient (Wildman–Crippen LogP) is 1.51. The minimum atomic E-state index is -1.04. The number of imide groups is 1. The largest absolute Gasteiger partial charge is 0.491 e. The molecule has 2 aromatic carbocycles. The molecule has 0 fully saturated rings. The van der Waals surface area contributed by atoms with E-state index in [2.05, 4.69) is 4.74 Å². The molecule has 0 radical (unpaired) electrons. The van der Waals surface area contributed by atoms with Gasteiger partial charge in [0.05, 0.1) is 30.3 Å². The molecule has 1 heterocycles. The number of β-amino-alcohol motifs (C(OH)–C–C–N with tert-alkyl or cyclic N) is 1. The molecule has 26 heavy (non-hydrogen) atoms. The van der Waals surface area contributed by atoms with Gasteiger partial charge in [-0.25, -0.2) is 4.79 Å². The first kappa shape index (κ1) is 17.6. The lowest BCUT2D eigenvalue weighted by Gasteiger charge is -2.19. The molecule has 3 rings (SSSR count). The molecule has 0 aliphatic carbocycles. The molecule has 1 atom stereocenters. The van der Waals surface area contributed by atoms with Crippen LogP contribution in [0.4, 0.5) is 0 Å². The molecule has 0 spiro atoms. The molecule has 1 aliphatic rings. The fourth-order valence-electron chi connectivity index (χ4n) is 2.67. The summed E-state index contributed by atoms with van der Waals surface area (Å²) in [6.45, 7) is -0.266. The fraction of sp³-hybridized carbons (Fsp3) is 0.211. The lowest BCUT2D eigenvalue weighted by molar-refractivity contribution is 0.0456. The first-order valence-electron chi connectivity index (χ1n) is 7.95. The summed E-state index contributed by atoms with van der Waals surface area (Å²) in [5.41, 5.74) is 1.06. The van der Waals surface area contributed by atoms with E-state index in [-0.39, 0.29) is 13.2 Å². The smallest absolute Gasteiger partial charge is 0.337 e. The Kier molecular flexibility index (Phi) is 4.99. The van der Waals surface area contributed by atoms with Crippen molar-refractivity contribution in [2.75, 3.05) is 20.3 Å². The zero-order valence-electron chi connectivity index (χ0n) is 14.0. The average molecular weight is 355 g/mol. The normalized spacial score (nSPS) is 14.2. The van der Waals surface area contributed by atoms with Crippen LogP contribution in [-0.2, 0) is 4.74 Å². The van der Waals surface area contributed by atoms with Gasteiger partial charge in [0.1, 0.15) is 18.5 Å². The number of esters is 1. The maximum Gasteiger partial charge on any atom is 0.337 e. The van der Waals surface area contributed by atoms with Crippen molar-refractivity contribution in [3.63, 3.8) is 0 Å². The van der Waals surface area contributed by atoms with E-state index in [0.29, 0.717) is 22.4 Å². The van der Waals surface area contributed by atoms with Gasteiger partial charge in [-0.1, -0.05) is 12.1 Å². The number of fused-ring (bicyclic) bond motifs is 1. The van der Waals surface area contributed by atoms with Gasteiger partial charge in [0.2, 0.25) is 0 Å². The lowest BCUT2D eigenvalue weighted by atomic mass is 10.1. The Hall–Kier alpha value is -3.19. The summed E-state index contributed by atoms with van der Waals surface area (Å²) in [5.74, 6) is -0.861. The maximum atomic E-state index is 12.3. The zero-order valence-corrected chi connectivity index (χ0v) is 14.0. The number of carbonyl (C=O) groups excluding carboxylic acids is 3. The van der Waals surface area contributed by atoms with Gasteiger partial charge in [-0.2, -0.15) is 0 Å². The Labute approximate surface area is 149 Å². The molecule has 2 aromatic rings. The number of ether oxygens (including phenoxy) is 2. The van der Waals surface area contributed by atoms with Crippen LogP contribution in [0.15, 0.2) is 48.5 Å². The molecular weight excluding hydrogens is 338 g/mol. The van der Waals surface area contributed by atoms with Gasteiger partial charge in [-0.15, -0.1) is 0 Å². The molecule has 0 saturated carbocycles. The summed E-state index contributed by atoms with van der Waals surface area (Å²) in [6, 6.07) is 12.8. The summed E-state index contributed by atoms with van der Waals surface area (Å²) in [6.07, 6.45) is -1.04. The molecule has 1 N–H and O–H groups in total. The molecule has 0 saturated heterocycles. The molecule has 134 valence electrons. The van der Waals surface area contributed by atoms with Gasteiger partial charge in [-0.05, 0) is 36.4 Å². The number of carbonyl (C=O) groups is 3. The standard InChI is InChI=1S/C19H17NO6/c1-25-19(24)12-6-8-14(9-7-12)26-11-13(21)10-20-17(22)15-4-2-3-5-16(15)18(20)23/h2-9,13,21H,10-11H2,1H3/t13-/m0/s1. The quantitative estimate of drug-likeness (QED) is 0.624. The number of hydrogen-bond donors (Lipinski definition) is 1. The van der Waals surface area contributed by atoms with Crippen LogP contribution in [0.3, 0.4) is 0 Å². The van der Waals surface area contributed by atoms with Crippen LogP contribution in [0.25, 0.3) is 0 Å². The minimum absolute atomic E-state index is 0.106. The van der Waals surface area contributed by atoms with Gasteiger partial charge in [0.25, 0.3) is 11.8 Å². The predicted molar refractivity (Wildman–Crippen MR) is 91.1 cm³/mol. The van der Waals surface area contributed by atoms with Crippen LogP contribution in [0.2, 0.25) is 0 Å². The third kappa shape index (κ3) is 3.43. The number of nitrogens with zero attached hydrogens (tertiary/aromatic N) is 1. The van der Waals surface area contributed by atoms with Crippen molar-refractivity contribution in [2.45, 2.75) is 6.10 Å². The number of methoxy groups -OCH3 is 1. The van der Waals surface area contributed by atoms with Crippen molar-refractivity contribution < 1.29 is 29.0 Å². The van der Waals surface area contributed by atoms with E-state index in [4.69, 9.17) is 4.74 Å². The number of aliphatic hydroxyl groups is 1. The highest BCUT2D eigenvalue weighted by Gasteiger charge is 2.36. The van der Waals surface area contributed by atoms with E-state index in [0.717, 1.165) is 4.90 Å². The van der Waals surface area contributed by atoms with Gasteiger partial charge in [0.15, 0.2) is 0 Å². The van der Waals surface area contributed by atoms with E-state index >= 15 is 0 Å². The molecule has 7 nitrogen and oxygen atoms in total. The van der Waals surface area contributed by atoms with Gasteiger partial charge < -0.3 is 14.6 Å². The van der Waals surface area contributed by atoms with Crippen molar-refractivity contribution in [3.8, 4) is 5.75 Å². The number of hydrogen-bond acceptors (Lipinski definition) is 6. The highest BCUT2D eigenvalue weighted by atomic mass is 16.5. The monoisotopic (exact) mass is 355 g/mol. The maximum absolute atomic E-state index is 12.3. The Morgan fingerprint density at radius 1 is 1.04 bits per heavy atom.